The molecule has 0 radical (unpaired) electrons. The fourth-order valence-corrected chi connectivity index (χ4v) is 3.32. The average molecular weight is 325 g/mol. The molecule has 2 rings (SSSR count). The van der Waals surface area contributed by atoms with Gasteiger partial charge in [0.25, 0.3) is 10.0 Å². The Hall–Kier alpha value is -2.10. The first kappa shape index (κ1) is 15.3. The molecule has 0 fully saturated rings. The molecule has 0 aliphatic heterocycles. The second-order valence-corrected chi connectivity index (χ2v) is 6.37. The van der Waals surface area contributed by atoms with Crippen molar-refractivity contribution in [2.45, 2.75) is 11.8 Å². The van der Waals surface area contributed by atoms with Gasteiger partial charge in [-0.2, -0.15) is 5.26 Å². The van der Waals surface area contributed by atoms with Gasteiger partial charge in [0, 0.05) is 0 Å². The van der Waals surface area contributed by atoms with Crippen LogP contribution >= 0.6 is 11.6 Å². The second-order valence-electron chi connectivity index (χ2n) is 4.31. The lowest BCUT2D eigenvalue weighted by Gasteiger charge is -2.11. The summed E-state index contributed by atoms with van der Waals surface area (Å²) in [6.45, 7) is 1.81. The lowest BCUT2D eigenvalue weighted by Crippen LogP contribution is -2.15. The van der Waals surface area contributed by atoms with Crippen LogP contribution in [0.2, 0.25) is 5.02 Å². The van der Waals surface area contributed by atoms with Gasteiger partial charge in [-0.05, 0) is 36.8 Å². The third-order valence-corrected chi connectivity index (χ3v) is 4.47. The predicted octanol–water partition coefficient (Wildman–Crippen LogP) is 3.46. The summed E-state index contributed by atoms with van der Waals surface area (Å²) in [6.07, 6.45) is 0. The van der Waals surface area contributed by atoms with Gasteiger partial charge < -0.3 is 0 Å². The molecule has 0 heterocycles. The van der Waals surface area contributed by atoms with Crippen LogP contribution in [-0.2, 0) is 10.0 Å². The molecular weight excluding hydrogens is 315 g/mol. The second kappa shape index (κ2) is 5.72. The molecule has 0 saturated heterocycles. The first-order valence-corrected chi connectivity index (χ1v) is 7.69. The van der Waals surface area contributed by atoms with E-state index in [-0.39, 0.29) is 10.7 Å². The molecule has 2 aromatic rings. The first-order valence-electron chi connectivity index (χ1n) is 5.83. The van der Waals surface area contributed by atoms with Gasteiger partial charge in [-0.1, -0.05) is 23.7 Å². The van der Waals surface area contributed by atoms with Crippen molar-refractivity contribution >= 4 is 27.3 Å². The van der Waals surface area contributed by atoms with Crippen LogP contribution in [0.5, 0.6) is 0 Å². The van der Waals surface area contributed by atoms with Crippen molar-refractivity contribution in [3.8, 4) is 6.07 Å². The van der Waals surface area contributed by atoms with Crippen molar-refractivity contribution in [1.82, 2.24) is 0 Å². The van der Waals surface area contributed by atoms with E-state index < -0.39 is 26.3 Å². The minimum atomic E-state index is -4.11. The zero-order chi connectivity index (χ0) is 15.6. The summed E-state index contributed by atoms with van der Waals surface area (Å²) in [5.41, 5.74) is 0.495. The Bertz CT molecular complexity index is 845. The van der Waals surface area contributed by atoms with Crippen LogP contribution < -0.4 is 4.72 Å². The molecule has 2 aromatic carbocycles. The van der Waals surface area contributed by atoms with Crippen LogP contribution in [0, 0.1) is 24.1 Å². The number of nitrogens with one attached hydrogen (secondary N) is 1. The molecule has 0 unspecified atom stereocenters. The van der Waals surface area contributed by atoms with Gasteiger partial charge in [0.2, 0.25) is 0 Å². The zero-order valence-electron chi connectivity index (χ0n) is 10.9. The number of hydrogen-bond acceptors (Lipinski definition) is 3. The molecule has 0 bridgehead atoms. The van der Waals surface area contributed by atoms with E-state index in [2.05, 4.69) is 4.72 Å². The van der Waals surface area contributed by atoms with Crippen LogP contribution in [-0.4, -0.2) is 8.42 Å². The number of nitrogens with zero attached hydrogens (tertiary/aromatic N) is 1. The molecule has 4 nitrogen and oxygen atoms in total. The third kappa shape index (κ3) is 3.15. The molecule has 0 aliphatic carbocycles. The summed E-state index contributed by atoms with van der Waals surface area (Å²) in [7, 11) is -4.11. The minimum Gasteiger partial charge on any atom is -0.278 e. The van der Waals surface area contributed by atoms with E-state index in [0.29, 0.717) is 0 Å². The molecule has 0 amide bonds. The van der Waals surface area contributed by atoms with Crippen molar-refractivity contribution < 1.29 is 12.8 Å². The van der Waals surface area contributed by atoms with Crippen LogP contribution in [0.15, 0.2) is 41.3 Å². The van der Waals surface area contributed by atoms with Gasteiger partial charge in [-0.15, -0.1) is 0 Å². The van der Waals surface area contributed by atoms with Crippen molar-refractivity contribution in [3.63, 3.8) is 0 Å². The van der Waals surface area contributed by atoms with Gasteiger partial charge in [0.1, 0.15) is 22.3 Å². The number of aryl methyl sites for hydroxylation is 1. The monoisotopic (exact) mass is 324 g/mol. The van der Waals surface area contributed by atoms with E-state index in [1.807, 2.05) is 6.92 Å². The maximum Gasteiger partial charge on any atom is 0.263 e. The molecule has 21 heavy (non-hydrogen) atoms. The molecular formula is C14H10ClFN2O2S. The van der Waals surface area contributed by atoms with Gasteiger partial charge in [-0.3, -0.25) is 4.72 Å². The topological polar surface area (TPSA) is 70.0 Å². The van der Waals surface area contributed by atoms with E-state index in [4.69, 9.17) is 16.9 Å². The number of halogens is 2. The maximum absolute atomic E-state index is 13.5. The highest BCUT2D eigenvalue weighted by atomic mass is 35.5. The van der Waals surface area contributed by atoms with Crippen LogP contribution in [0.25, 0.3) is 0 Å². The molecule has 0 aromatic heterocycles. The summed E-state index contributed by atoms with van der Waals surface area (Å²) < 4.78 is 40.3. The lowest BCUT2D eigenvalue weighted by molar-refractivity contribution is 0.593. The van der Waals surface area contributed by atoms with Crippen molar-refractivity contribution in [2.75, 3.05) is 4.72 Å². The summed E-state index contributed by atoms with van der Waals surface area (Å²) in [5.74, 6) is -0.893. The average Bonchev–Trinajstić information content (AvgIpc) is 2.41. The Morgan fingerprint density at radius 3 is 2.62 bits per heavy atom. The SMILES string of the molecule is Cc1ccc(NS(=O)(=O)c2cccc(F)c2C#N)c(Cl)c1. The van der Waals surface area contributed by atoms with Gasteiger partial charge >= 0.3 is 0 Å². The Morgan fingerprint density at radius 1 is 1.29 bits per heavy atom. The molecule has 1 N–H and O–H groups in total. The Labute approximate surface area is 126 Å². The highest BCUT2D eigenvalue weighted by Gasteiger charge is 2.22. The number of hydrogen-bond donors (Lipinski definition) is 1. The summed E-state index contributed by atoms with van der Waals surface area (Å²) in [5, 5.41) is 9.13. The van der Waals surface area contributed by atoms with Crippen molar-refractivity contribution in [3.05, 3.63) is 58.4 Å². The lowest BCUT2D eigenvalue weighted by atomic mass is 10.2. The van der Waals surface area contributed by atoms with E-state index in [1.165, 1.54) is 12.1 Å². The van der Waals surface area contributed by atoms with Gasteiger partial charge in [-0.25, -0.2) is 12.8 Å². The third-order valence-electron chi connectivity index (χ3n) is 2.75. The summed E-state index contributed by atoms with van der Waals surface area (Å²) >= 11 is 5.96. The van der Waals surface area contributed by atoms with Crippen LogP contribution in [0.1, 0.15) is 11.1 Å². The number of anilines is 1. The molecule has 0 atom stereocenters. The Morgan fingerprint density at radius 2 is 2.00 bits per heavy atom. The molecule has 0 spiro atoms. The predicted molar refractivity (Wildman–Crippen MR) is 78.1 cm³/mol. The standard InChI is InChI=1S/C14H10ClFN2O2S/c1-9-5-6-13(11(15)7-9)18-21(19,20)14-4-2-3-12(16)10(14)8-17/h2-7,18H,1H3. The van der Waals surface area contributed by atoms with E-state index in [1.54, 1.807) is 18.2 Å². The first-order chi connectivity index (χ1) is 9.85. The summed E-state index contributed by atoms with van der Waals surface area (Å²) in [6, 6.07) is 9.73. The molecule has 108 valence electrons. The summed E-state index contributed by atoms with van der Waals surface area (Å²) in [4.78, 5) is -0.429. The zero-order valence-corrected chi connectivity index (χ0v) is 12.5. The molecule has 7 heteroatoms. The fourth-order valence-electron chi connectivity index (χ4n) is 1.74. The number of sulfonamides is 1. The largest absolute Gasteiger partial charge is 0.278 e. The van der Waals surface area contributed by atoms with Crippen LogP contribution in [0.4, 0.5) is 10.1 Å². The molecule has 0 aliphatic rings. The maximum atomic E-state index is 13.5. The number of nitriles is 1. The highest BCUT2D eigenvalue weighted by molar-refractivity contribution is 7.92. The van der Waals surface area contributed by atoms with Gasteiger partial charge in [0.05, 0.1) is 10.7 Å². The van der Waals surface area contributed by atoms with E-state index >= 15 is 0 Å². The Balaban J connectivity index is 2.49. The van der Waals surface area contributed by atoms with E-state index in [9.17, 15) is 12.8 Å². The fraction of sp³-hybridized carbons (Fsp3) is 0.0714. The number of rotatable bonds is 3. The quantitative estimate of drug-likeness (QED) is 0.940. The normalized spacial score (nSPS) is 11.0. The van der Waals surface area contributed by atoms with Crippen molar-refractivity contribution in [2.24, 2.45) is 0 Å². The van der Waals surface area contributed by atoms with Gasteiger partial charge in [0.15, 0.2) is 0 Å². The van der Waals surface area contributed by atoms with Crippen LogP contribution in [0.3, 0.4) is 0 Å². The highest BCUT2D eigenvalue weighted by Crippen LogP contribution is 2.27. The van der Waals surface area contributed by atoms with Crippen molar-refractivity contribution in [1.29, 1.82) is 5.26 Å². The van der Waals surface area contributed by atoms with E-state index in [0.717, 1.165) is 17.7 Å². The Kier molecular flexibility index (Phi) is 4.16. The number of benzene rings is 2. The molecule has 0 saturated carbocycles. The minimum absolute atomic E-state index is 0.162. The smallest absolute Gasteiger partial charge is 0.263 e.